The highest BCUT2D eigenvalue weighted by Crippen LogP contribution is 1.98. The second kappa shape index (κ2) is 4.11. The summed E-state index contributed by atoms with van der Waals surface area (Å²) in [4.78, 5) is 21.7. The minimum atomic E-state index is -0.727. The van der Waals surface area contributed by atoms with Gasteiger partial charge in [-0.1, -0.05) is 13.8 Å². The number of ether oxygens (including phenoxy) is 1. The monoisotopic (exact) mass is 158 g/mol. The highest BCUT2D eigenvalue weighted by molar-refractivity contribution is 6.34. The molecule has 0 heterocycles. The van der Waals surface area contributed by atoms with Gasteiger partial charge in [0.1, 0.15) is 0 Å². The van der Waals surface area contributed by atoms with Crippen LogP contribution < -0.4 is 0 Å². The number of carbonyl (C=O) groups excluding carboxylic acids is 2. The summed E-state index contributed by atoms with van der Waals surface area (Å²) in [7, 11) is 0. The van der Waals surface area contributed by atoms with Gasteiger partial charge in [-0.15, -0.1) is 0 Å². The molecular weight excluding hydrogens is 144 g/mol. The van der Waals surface area contributed by atoms with Crippen molar-refractivity contribution < 1.29 is 14.3 Å². The van der Waals surface area contributed by atoms with Gasteiger partial charge in [-0.2, -0.15) is 0 Å². The van der Waals surface area contributed by atoms with E-state index < -0.39 is 11.8 Å². The lowest BCUT2D eigenvalue weighted by atomic mass is 10.1. The van der Waals surface area contributed by atoms with Crippen molar-refractivity contribution in [1.29, 1.82) is 0 Å². The van der Waals surface area contributed by atoms with E-state index in [0.717, 1.165) is 0 Å². The number of esters is 1. The number of hydrogen-bond acceptors (Lipinski definition) is 3. The number of Topliss-reactive ketones (excluding diaryl/α,β-unsaturated/α-hetero) is 1. The van der Waals surface area contributed by atoms with Gasteiger partial charge in [0.25, 0.3) is 0 Å². The summed E-state index contributed by atoms with van der Waals surface area (Å²) in [6.07, 6.45) is -0.217. The van der Waals surface area contributed by atoms with E-state index in [1.807, 2.05) is 0 Å². The van der Waals surface area contributed by atoms with Crippen LogP contribution in [-0.2, 0) is 14.3 Å². The van der Waals surface area contributed by atoms with Crippen molar-refractivity contribution in [2.45, 2.75) is 33.8 Å². The second-order valence-electron chi connectivity index (χ2n) is 2.97. The molecule has 0 aliphatic carbocycles. The summed E-state index contributed by atoms with van der Waals surface area (Å²) in [5, 5.41) is 0. The van der Waals surface area contributed by atoms with Crippen LogP contribution in [0.5, 0.6) is 0 Å². The standard InChI is InChI=1S/C8H14O3/c1-5(2)7(9)8(10)11-6(3)4/h5-6H,1-4H3. The third kappa shape index (κ3) is 3.75. The molecule has 0 aromatic heterocycles. The van der Waals surface area contributed by atoms with Gasteiger partial charge in [-0.3, -0.25) is 4.79 Å². The lowest BCUT2D eigenvalue weighted by Gasteiger charge is -2.07. The first-order valence-electron chi connectivity index (χ1n) is 3.70. The Bertz CT molecular complexity index is 159. The highest BCUT2D eigenvalue weighted by atomic mass is 16.5. The van der Waals surface area contributed by atoms with E-state index in [9.17, 15) is 9.59 Å². The van der Waals surface area contributed by atoms with Gasteiger partial charge in [0.2, 0.25) is 5.78 Å². The zero-order valence-electron chi connectivity index (χ0n) is 7.38. The van der Waals surface area contributed by atoms with Gasteiger partial charge in [0.15, 0.2) is 0 Å². The molecule has 0 rings (SSSR count). The van der Waals surface area contributed by atoms with E-state index in [1.165, 1.54) is 0 Å². The number of rotatable bonds is 3. The lowest BCUT2D eigenvalue weighted by Crippen LogP contribution is -2.24. The number of carbonyl (C=O) groups is 2. The normalized spacial score (nSPS) is 10.4. The number of ketones is 1. The van der Waals surface area contributed by atoms with Crippen molar-refractivity contribution in [3.8, 4) is 0 Å². The fourth-order valence-electron chi connectivity index (χ4n) is 0.508. The Morgan fingerprint density at radius 3 is 1.82 bits per heavy atom. The predicted molar refractivity (Wildman–Crippen MR) is 41.1 cm³/mol. The van der Waals surface area contributed by atoms with Gasteiger partial charge >= 0.3 is 5.97 Å². The summed E-state index contributed by atoms with van der Waals surface area (Å²) in [6.45, 7) is 6.77. The van der Waals surface area contributed by atoms with E-state index in [0.29, 0.717) is 0 Å². The summed E-state index contributed by atoms with van der Waals surface area (Å²) in [6, 6.07) is 0. The third-order valence-corrected chi connectivity index (χ3v) is 1.07. The van der Waals surface area contributed by atoms with Crippen LogP contribution in [0, 0.1) is 5.92 Å². The molecule has 0 unspecified atom stereocenters. The maximum absolute atomic E-state index is 10.9. The van der Waals surface area contributed by atoms with Crippen LogP contribution in [0.15, 0.2) is 0 Å². The van der Waals surface area contributed by atoms with Crippen LogP contribution in [0.4, 0.5) is 0 Å². The van der Waals surface area contributed by atoms with Crippen LogP contribution >= 0.6 is 0 Å². The quantitative estimate of drug-likeness (QED) is 0.457. The van der Waals surface area contributed by atoms with Gasteiger partial charge in [-0.05, 0) is 13.8 Å². The number of hydrogen-bond donors (Lipinski definition) is 0. The lowest BCUT2D eigenvalue weighted by molar-refractivity contribution is -0.158. The molecule has 0 atom stereocenters. The average molecular weight is 158 g/mol. The summed E-state index contributed by atoms with van der Waals surface area (Å²) in [5.41, 5.74) is 0. The average Bonchev–Trinajstić information content (AvgIpc) is 1.84. The zero-order chi connectivity index (χ0) is 9.02. The Hall–Kier alpha value is -0.860. The van der Waals surface area contributed by atoms with Crippen molar-refractivity contribution in [3.63, 3.8) is 0 Å². The van der Waals surface area contributed by atoms with Gasteiger partial charge in [0, 0.05) is 5.92 Å². The molecule has 0 saturated heterocycles. The SMILES string of the molecule is CC(C)OC(=O)C(=O)C(C)C. The van der Waals surface area contributed by atoms with Gasteiger partial charge < -0.3 is 4.74 Å². The molecule has 0 saturated carbocycles. The van der Waals surface area contributed by atoms with Crippen LogP contribution in [-0.4, -0.2) is 17.9 Å². The maximum Gasteiger partial charge on any atom is 0.375 e. The first-order chi connectivity index (χ1) is 4.95. The summed E-state index contributed by atoms with van der Waals surface area (Å²) in [5.74, 6) is -1.46. The first kappa shape index (κ1) is 10.1. The Morgan fingerprint density at radius 1 is 1.09 bits per heavy atom. The molecule has 0 amide bonds. The molecule has 0 aliphatic heterocycles. The molecular formula is C8H14O3. The molecule has 0 aromatic carbocycles. The van der Waals surface area contributed by atoms with Crippen molar-refractivity contribution in [2.24, 2.45) is 5.92 Å². The van der Waals surface area contributed by atoms with Crippen molar-refractivity contribution in [2.75, 3.05) is 0 Å². The minimum absolute atomic E-state index is 0.217. The Morgan fingerprint density at radius 2 is 1.55 bits per heavy atom. The van der Waals surface area contributed by atoms with Gasteiger partial charge in [0.05, 0.1) is 6.10 Å². The minimum Gasteiger partial charge on any atom is -0.457 e. The molecule has 3 heteroatoms. The molecule has 0 N–H and O–H groups in total. The van der Waals surface area contributed by atoms with Crippen molar-refractivity contribution in [3.05, 3.63) is 0 Å². The fraction of sp³-hybridized carbons (Fsp3) is 0.750. The largest absolute Gasteiger partial charge is 0.457 e. The molecule has 0 aromatic rings. The smallest absolute Gasteiger partial charge is 0.375 e. The van der Waals surface area contributed by atoms with Crippen LogP contribution in [0.3, 0.4) is 0 Å². The Kier molecular flexibility index (Phi) is 3.79. The van der Waals surface area contributed by atoms with Crippen molar-refractivity contribution in [1.82, 2.24) is 0 Å². The van der Waals surface area contributed by atoms with Crippen LogP contribution in [0.2, 0.25) is 0 Å². The summed E-state index contributed by atoms with van der Waals surface area (Å²) >= 11 is 0. The Labute approximate surface area is 66.7 Å². The zero-order valence-corrected chi connectivity index (χ0v) is 7.38. The molecule has 64 valence electrons. The van der Waals surface area contributed by atoms with Crippen molar-refractivity contribution >= 4 is 11.8 Å². The highest BCUT2D eigenvalue weighted by Gasteiger charge is 2.19. The first-order valence-corrected chi connectivity index (χ1v) is 3.70. The molecule has 0 fully saturated rings. The predicted octanol–water partition coefficient (Wildman–Crippen LogP) is 1.16. The molecule has 0 spiro atoms. The topological polar surface area (TPSA) is 43.4 Å². The third-order valence-electron chi connectivity index (χ3n) is 1.07. The summed E-state index contributed by atoms with van der Waals surface area (Å²) < 4.78 is 4.68. The Balaban J connectivity index is 3.94. The molecule has 0 radical (unpaired) electrons. The molecule has 0 bridgehead atoms. The molecule has 3 nitrogen and oxygen atoms in total. The molecule has 0 aliphatic rings. The van der Waals surface area contributed by atoms with Gasteiger partial charge in [-0.25, -0.2) is 4.79 Å². The van der Waals surface area contributed by atoms with E-state index >= 15 is 0 Å². The van der Waals surface area contributed by atoms with E-state index in [1.54, 1.807) is 27.7 Å². The second-order valence-corrected chi connectivity index (χ2v) is 2.97. The van der Waals surface area contributed by atoms with E-state index in [4.69, 9.17) is 0 Å². The molecule has 11 heavy (non-hydrogen) atoms. The van der Waals surface area contributed by atoms with Crippen LogP contribution in [0.25, 0.3) is 0 Å². The maximum atomic E-state index is 10.9. The van der Waals surface area contributed by atoms with E-state index in [2.05, 4.69) is 4.74 Å². The van der Waals surface area contributed by atoms with Crippen LogP contribution in [0.1, 0.15) is 27.7 Å². The fourth-order valence-corrected chi connectivity index (χ4v) is 0.508. The van der Waals surface area contributed by atoms with E-state index in [-0.39, 0.29) is 12.0 Å².